The summed E-state index contributed by atoms with van der Waals surface area (Å²) in [6.45, 7) is 3.94. The lowest BCUT2D eigenvalue weighted by Crippen LogP contribution is -2.58. The molecule has 148 valence electrons. The normalized spacial score (nSPS) is 13.2. The van der Waals surface area contributed by atoms with Gasteiger partial charge in [-0.1, -0.05) is 0 Å². The fourth-order valence-corrected chi connectivity index (χ4v) is 2.04. The average Bonchev–Trinajstić information content (AvgIpc) is 2.50. The van der Waals surface area contributed by atoms with Crippen LogP contribution in [0.1, 0.15) is 19.4 Å². The zero-order valence-corrected chi connectivity index (χ0v) is 15.0. The van der Waals surface area contributed by atoms with Gasteiger partial charge in [-0.3, -0.25) is 0 Å². The van der Waals surface area contributed by atoms with Crippen LogP contribution < -0.4 is 14.9 Å². The van der Waals surface area contributed by atoms with E-state index in [-0.39, 0.29) is 22.4 Å². The summed E-state index contributed by atoms with van der Waals surface area (Å²) in [6.07, 6.45) is -5.80. The fraction of sp³-hybridized carbons (Fsp3) is 0.500. The first-order chi connectivity index (χ1) is 11.9. The van der Waals surface area contributed by atoms with Crippen LogP contribution in [0.3, 0.4) is 0 Å². The molecule has 0 aromatic heterocycles. The van der Waals surface area contributed by atoms with E-state index >= 15 is 0 Å². The Morgan fingerprint density at radius 3 is 1.96 bits per heavy atom. The van der Waals surface area contributed by atoms with Gasteiger partial charge in [0.1, 0.15) is 0 Å². The summed E-state index contributed by atoms with van der Waals surface area (Å²) in [7, 11) is 0. The molecule has 0 saturated carbocycles. The van der Waals surface area contributed by atoms with Crippen molar-refractivity contribution in [1.82, 2.24) is 5.43 Å². The predicted molar refractivity (Wildman–Crippen MR) is 83.2 cm³/mol. The molecule has 4 nitrogen and oxygen atoms in total. The molecule has 0 radical (unpaired) electrons. The quantitative estimate of drug-likeness (QED) is 0.261. The van der Waals surface area contributed by atoms with Crippen LogP contribution in [-0.2, 0) is 0 Å². The highest BCUT2D eigenvalue weighted by Crippen LogP contribution is 2.45. The van der Waals surface area contributed by atoms with Crippen molar-refractivity contribution in [2.45, 2.75) is 32.0 Å². The van der Waals surface area contributed by atoms with Gasteiger partial charge in [0.25, 0.3) is 0 Å². The van der Waals surface area contributed by atoms with Gasteiger partial charge in [-0.2, -0.15) is 35.8 Å². The molecule has 0 fully saturated rings. The lowest BCUT2D eigenvalue weighted by atomic mass is 10.2. The highest BCUT2D eigenvalue weighted by molar-refractivity contribution is 9.10. The summed E-state index contributed by atoms with van der Waals surface area (Å²) >= 11 is 3.08. The topological polar surface area (TPSA) is 42.8 Å². The van der Waals surface area contributed by atoms with Crippen molar-refractivity contribution in [3.05, 3.63) is 22.2 Å². The maximum absolute atomic E-state index is 13.1. The number of rotatable bonds is 8. The lowest BCUT2D eigenvalue weighted by Gasteiger charge is -2.27. The molecule has 1 N–H and O–H groups in total. The molecular formula is C14H14BrF7N2O2. The van der Waals surface area contributed by atoms with Gasteiger partial charge in [-0.25, -0.2) is 5.43 Å². The molecule has 0 heterocycles. The summed E-state index contributed by atoms with van der Waals surface area (Å²) in [5, 5.41) is 2.80. The Morgan fingerprint density at radius 2 is 1.50 bits per heavy atom. The number of hydrazone groups is 1. The van der Waals surface area contributed by atoms with Crippen LogP contribution in [0.25, 0.3) is 0 Å². The summed E-state index contributed by atoms with van der Waals surface area (Å²) in [4.78, 5) is 0. The van der Waals surface area contributed by atoms with Gasteiger partial charge >= 0.3 is 18.1 Å². The predicted octanol–water partition coefficient (Wildman–Crippen LogP) is 4.96. The standard InChI is InChI=1S/C14H14BrF7N2O2/c1-3-25-10-5-8(9(15)6-11(10)26-4-2)7-23-24-14(21,22)12(16,17)13(18,19)20/h5-7,24H,3-4H2,1-2H3/b23-7+. The van der Waals surface area contributed by atoms with Gasteiger partial charge < -0.3 is 9.47 Å². The molecule has 1 rings (SSSR count). The zero-order chi connectivity index (χ0) is 20.2. The second kappa shape index (κ2) is 8.31. The molecule has 0 aliphatic carbocycles. The van der Waals surface area contributed by atoms with Crippen molar-refractivity contribution < 1.29 is 40.2 Å². The van der Waals surface area contributed by atoms with Gasteiger partial charge in [0.2, 0.25) is 0 Å². The third-order valence-corrected chi connectivity index (χ3v) is 3.51. The molecule has 0 atom stereocenters. The third kappa shape index (κ3) is 4.92. The summed E-state index contributed by atoms with van der Waals surface area (Å²) < 4.78 is 98.7. The SMILES string of the molecule is CCOc1cc(Br)c(/C=N/NC(F)(F)C(F)(F)C(F)(F)F)cc1OCC. The number of hydrogen-bond donors (Lipinski definition) is 1. The molecule has 0 bridgehead atoms. The number of hydrogen-bond acceptors (Lipinski definition) is 4. The van der Waals surface area contributed by atoms with E-state index in [0.717, 1.165) is 0 Å². The maximum atomic E-state index is 13.1. The average molecular weight is 455 g/mol. The Balaban J connectivity index is 3.06. The molecule has 0 aliphatic rings. The van der Waals surface area contributed by atoms with Crippen LogP contribution in [0.2, 0.25) is 0 Å². The second-order valence-electron chi connectivity index (χ2n) is 4.70. The van der Waals surface area contributed by atoms with Crippen molar-refractivity contribution in [3.8, 4) is 11.5 Å². The van der Waals surface area contributed by atoms with Gasteiger partial charge in [-0.05, 0) is 41.9 Å². The number of benzene rings is 1. The van der Waals surface area contributed by atoms with E-state index in [9.17, 15) is 30.7 Å². The van der Waals surface area contributed by atoms with E-state index in [0.29, 0.717) is 24.0 Å². The zero-order valence-electron chi connectivity index (χ0n) is 13.4. The van der Waals surface area contributed by atoms with Crippen LogP contribution in [0.4, 0.5) is 30.7 Å². The van der Waals surface area contributed by atoms with Gasteiger partial charge in [-0.15, -0.1) is 0 Å². The minimum Gasteiger partial charge on any atom is -0.490 e. The minimum atomic E-state index is -6.44. The Labute approximate surface area is 152 Å². The van der Waals surface area contributed by atoms with Gasteiger partial charge in [0, 0.05) is 10.0 Å². The monoisotopic (exact) mass is 454 g/mol. The molecule has 0 aliphatic heterocycles. The van der Waals surface area contributed by atoms with Crippen molar-refractivity contribution >= 4 is 22.1 Å². The lowest BCUT2D eigenvalue weighted by molar-refractivity contribution is -0.361. The smallest absolute Gasteiger partial charge is 0.462 e. The summed E-state index contributed by atoms with van der Waals surface area (Å²) in [5.74, 6) is -5.77. The Kier molecular flexibility index (Phi) is 7.14. The molecule has 12 heteroatoms. The van der Waals surface area contributed by atoms with Gasteiger partial charge in [0.05, 0.1) is 19.4 Å². The maximum Gasteiger partial charge on any atom is 0.462 e. The van der Waals surface area contributed by atoms with Crippen molar-refractivity contribution in [1.29, 1.82) is 0 Å². The highest BCUT2D eigenvalue weighted by Gasteiger charge is 2.73. The summed E-state index contributed by atoms with van der Waals surface area (Å²) in [5.41, 5.74) is 0.625. The van der Waals surface area contributed by atoms with E-state index in [1.165, 1.54) is 12.1 Å². The third-order valence-electron chi connectivity index (χ3n) is 2.82. The van der Waals surface area contributed by atoms with Crippen LogP contribution in [0.15, 0.2) is 21.7 Å². The Hall–Kier alpha value is -1.72. The minimum absolute atomic E-state index is 0.0792. The molecule has 26 heavy (non-hydrogen) atoms. The van der Waals surface area contributed by atoms with Crippen molar-refractivity contribution in [3.63, 3.8) is 0 Å². The fourth-order valence-electron chi connectivity index (χ4n) is 1.62. The van der Waals surface area contributed by atoms with E-state index in [1.54, 1.807) is 13.8 Å². The number of nitrogens with one attached hydrogen (secondary N) is 1. The molecular weight excluding hydrogens is 441 g/mol. The molecule has 0 amide bonds. The van der Waals surface area contributed by atoms with Crippen molar-refractivity contribution in [2.24, 2.45) is 5.10 Å². The number of nitrogens with zero attached hydrogens (tertiary/aromatic N) is 1. The Bertz CT molecular complexity index is 651. The van der Waals surface area contributed by atoms with E-state index in [2.05, 4.69) is 21.0 Å². The first kappa shape index (κ1) is 22.3. The molecule has 0 unspecified atom stereocenters. The Morgan fingerprint density at radius 1 is 1.00 bits per heavy atom. The van der Waals surface area contributed by atoms with Gasteiger partial charge in [0.15, 0.2) is 11.5 Å². The van der Waals surface area contributed by atoms with Crippen LogP contribution >= 0.6 is 15.9 Å². The van der Waals surface area contributed by atoms with E-state index in [1.807, 2.05) is 0 Å². The highest BCUT2D eigenvalue weighted by atomic mass is 79.9. The van der Waals surface area contributed by atoms with Crippen molar-refractivity contribution in [2.75, 3.05) is 13.2 Å². The van der Waals surface area contributed by atoms with E-state index < -0.39 is 18.1 Å². The first-order valence-corrected chi connectivity index (χ1v) is 7.88. The first-order valence-electron chi connectivity index (χ1n) is 7.09. The molecule has 1 aromatic rings. The molecule has 1 aromatic carbocycles. The number of halogens is 8. The van der Waals surface area contributed by atoms with E-state index in [4.69, 9.17) is 9.47 Å². The van der Waals surface area contributed by atoms with Crippen LogP contribution in [-0.4, -0.2) is 37.6 Å². The largest absolute Gasteiger partial charge is 0.490 e. The number of alkyl halides is 7. The summed E-state index contributed by atoms with van der Waals surface area (Å²) in [6, 6.07) is -2.93. The molecule has 0 spiro atoms. The van der Waals surface area contributed by atoms with Crippen LogP contribution in [0, 0.1) is 0 Å². The molecule has 0 saturated heterocycles. The van der Waals surface area contributed by atoms with Crippen LogP contribution in [0.5, 0.6) is 11.5 Å². The second-order valence-corrected chi connectivity index (χ2v) is 5.56. The number of ether oxygens (including phenoxy) is 2.